The molecule has 0 rings (SSSR count). The largest absolute Gasteiger partial charge is 0.382 e. The molecule has 0 aliphatic heterocycles. The topological polar surface area (TPSA) is 40.4 Å². The van der Waals surface area contributed by atoms with Gasteiger partial charge in [-0.05, 0) is 0 Å². The molecule has 0 aromatic heterocycles. The number of sulfone groups is 1. The minimum absolute atomic E-state index is 0.122. The fraction of sp³-hybridized carbons (Fsp3) is 0.667. The van der Waals surface area contributed by atoms with Crippen molar-refractivity contribution in [3.8, 4) is 0 Å². The van der Waals surface area contributed by atoms with E-state index in [1.54, 1.807) is 57.0 Å². The lowest BCUT2D eigenvalue weighted by Crippen LogP contribution is -2.16. The highest BCUT2D eigenvalue weighted by atomic mass is 32.2. The van der Waals surface area contributed by atoms with E-state index in [4.69, 9.17) is 0 Å². The SMILES string of the molecule is CCS(=O)(=O)/C(C=[N+](C)C)=C\N(C)C. The second-order valence-electron chi connectivity index (χ2n) is 3.49. The zero-order valence-corrected chi connectivity index (χ0v) is 10.3. The van der Waals surface area contributed by atoms with Gasteiger partial charge in [-0.2, -0.15) is 0 Å². The highest BCUT2D eigenvalue weighted by molar-refractivity contribution is 7.96. The van der Waals surface area contributed by atoms with Crippen LogP contribution >= 0.6 is 0 Å². The summed E-state index contributed by atoms with van der Waals surface area (Å²) in [6.07, 6.45) is 3.22. The highest BCUT2D eigenvalue weighted by Gasteiger charge is 2.16. The van der Waals surface area contributed by atoms with E-state index in [-0.39, 0.29) is 5.75 Å². The van der Waals surface area contributed by atoms with Gasteiger partial charge in [0.1, 0.15) is 19.0 Å². The molecular formula is C9H19N2O2S+. The fourth-order valence-electron chi connectivity index (χ4n) is 0.870. The Morgan fingerprint density at radius 1 is 1.36 bits per heavy atom. The lowest BCUT2D eigenvalue weighted by molar-refractivity contribution is -0.458. The lowest BCUT2D eigenvalue weighted by Gasteiger charge is -2.07. The normalized spacial score (nSPS) is 12.5. The first-order valence-electron chi connectivity index (χ1n) is 4.42. The van der Waals surface area contributed by atoms with E-state index in [0.29, 0.717) is 4.91 Å². The van der Waals surface area contributed by atoms with Crippen LogP contribution in [0.15, 0.2) is 11.1 Å². The second kappa shape index (κ2) is 5.14. The Hall–Kier alpha value is -0.840. The van der Waals surface area contributed by atoms with Crippen molar-refractivity contribution in [2.45, 2.75) is 6.92 Å². The van der Waals surface area contributed by atoms with Crippen molar-refractivity contribution in [1.29, 1.82) is 0 Å². The Labute approximate surface area is 86.5 Å². The summed E-state index contributed by atoms with van der Waals surface area (Å²) in [5.41, 5.74) is 0. The van der Waals surface area contributed by atoms with Gasteiger partial charge in [-0.25, -0.2) is 13.0 Å². The molecule has 14 heavy (non-hydrogen) atoms. The van der Waals surface area contributed by atoms with Gasteiger partial charge in [0.2, 0.25) is 0 Å². The fourth-order valence-corrected chi connectivity index (χ4v) is 1.95. The number of allylic oxidation sites excluding steroid dienone is 1. The third-order valence-electron chi connectivity index (χ3n) is 1.51. The molecule has 0 unspecified atom stereocenters. The van der Waals surface area contributed by atoms with Crippen molar-refractivity contribution >= 4 is 16.1 Å². The maximum absolute atomic E-state index is 11.6. The Morgan fingerprint density at radius 3 is 2.14 bits per heavy atom. The Bertz CT molecular complexity index is 336. The standard InChI is InChI=1S/C9H19N2O2S/c1-6-14(12,13)9(7-10(2)3)8-11(4)5/h7-8H,6H2,1-5H3/q+1. The minimum atomic E-state index is -3.13. The molecule has 0 bridgehead atoms. The smallest absolute Gasteiger partial charge is 0.185 e. The van der Waals surface area contributed by atoms with E-state index in [0.717, 1.165) is 0 Å². The molecule has 0 aromatic carbocycles. The van der Waals surface area contributed by atoms with Gasteiger partial charge in [-0.15, -0.1) is 0 Å². The molecule has 5 heteroatoms. The molecule has 0 radical (unpaired) electrons. The van der Waals surface area contributed by atoms with Crippen LogP contribution in [0.3, 0.4) is 0 Å². The minimum Gasteiger partial charge on any atom is -0.382 e. The van der Waals surface area contributed by atoms with Crippen LogP contribution in [0.4, 0.5) is 0 Å². The van der Waals surface area contributed by atoms with Gasteiger partial charge in [0.25, 0.3) is 0 Å². The Kier molecular flexibility index (Phi) is 4.83. The first-order valence-corrected chi connectivity index (χ1v) is 6.07. The molecule has 0 N–H and O–H groups in total. The van der Waals surface area contributed by atoms with Gasteiger partial charge in [0.15, 0.2) is 16.1 Å². The molecule has 0 fully saturated rings. The van der Waals surface area contributed by atoms with Crippen molar-refractivity contribution in [3.63, 3.8) is 0 Å². The summed E-state index contributed by atoms with van der Waals surface area (Å²) in [6.45, 7) is 1.64. The zero-order chi connectivity index (χ0) is 11.4. The molecule has 82 valence electrons. The monoisotopic (exact) mass is 219 g/mol. The highest BCUT2D eigenvalue weighted by Crippen LogP contribution is 2.05. The van der Waals surface area contributed by atoms with Crippen molar-refractivity contribution in [3.05, 3.63) is 11.1 Å². The molecule has 0 amide bonds. The van der Waals surface area contributed by atoms with Gasteiger partial charge in [-0.1, -0.05) is 6.92 Å². The first kappa shape index (κ1) is 13.2. The molecule has 0 atom stereocenters. The average molecular weight is 219 g/mol. The number of rotatable bonds is 4. The first-order chi connectivity index (χ1) is 6.29. The average Bonchev–Trinajstić information content (AvgIpc) is 2.01. The van der Waals surface area contributed by atoms with Crippen LogP contribution in [0.5, 0.6) is 0 Å². The Morgan fingerprint density at radius 2 is 1.86 bits per heavy atom. The van der Waals surface area contributed by atoms with Crippen LogP contribution < -0.4 is 0 Å². The summed E-state index contributed by atoms with van der Waals surface area (Å²) >= 11 is 0. The number of hydrogen-bond donors (Lipinski definition) is 0. The molecule has 0 saturated heterocycles. The number of nitrogens with zero attached hydrogens (tertiary/aromatic N) is 2. The Balaban J connectivity index is 5.25. The molecule has 0 heterocycles. The van der Waals surface area contributed by atoms with E-state index in [2.05, 4.69) is 0 Å². The lowest BCUT2D eigenvalue weighted by atomic mass is 10.6. The summed E-state index contributed by atoms with van der Waals surface area (Å²) in [4.78, 5) is 2.07. The van der Waals surface area contributed by atoms with Gasteiger partial charge >= 0.3 is 0 Å². The third kappa shape index (κ3) is 4.41. The van der Waals surface area contributed by atoms with E-state index in [1.165, 1.54) is 0 Å². The number of hydrogen-bond acceptors (Lipinski definition) is 3. The van der Waals surface area contributed by atoms with Gasteiger partial charge in [0, 0.05) is 20.3 Å². The van der Waals surface area contributed by atoms with Crippen LogP contribution in [0.1, 0.15) is 6.92 Å². The predicted octanol–water partition coefficient (Wildman–Crippen LogP) is 0.167. The van der Waals surface area contributed by atoms with Crippen LogP contribution in [-0.4, -0.2) is 58.1 Å². The van der Waals surface area contributed by atoms with Gasteiger partial charge in [-0.3, -0.25) is 0 Å². The van der Waals surface area contributed by atoms with E-state index in [9.17, 15) is 8.42 Å². The summed E-state index contributed by atoms with van der Waals surface area (Å²) in [5.74, 6) is 0.122. The van der Waals surface area contributed by atoms with E-state index >= 15 is 0 Å². The van der Waals surface area contributed by atoms with E-state index < -0.39 is 9.84 Å². The summed E-state index contributed by atoms with van der Waals surface area (Å²) < 4.78 is 25.0. The van der Waals surface area contributed by atoms with E-state index in [1.807, 2.05) is 0 Å². The third-order valence-corrected chi connectivity index (χ3v) is 3.20. The molecule has 0 spiro atoms. The molecular weight excluding hydrogens is 200 g/mol. The summed E-state index contributed by atoms with van der Waals surface area (Å²) in [5, 5.41) is 0. The van der Waals surface area contributed by atoms with Crippen LogP contribution in [0.25, 0.3) is 0 Å². The van der Waals surface area contributed by atoms with Crippen molar-refractivity contribution < 1.29 is 13.0 Å². The molecule has 0 saturated carbocycles. The molecule has 4 nitrogen and oxygen atoms in total. The zero-order valence-electron chi connectivity index (χ0n) is 9.48. The maximum atomic E-state index is 11.6. The van der Waals surface area contributed by atoms with Crippen LogP contribution in [-0.2, 0) is 9.84 Å². The second-order valence-corrected chi connectivity index (χ2v) is 5.77. The predicted molar refractivity (Wildman–Crippen MR) is 59.4 cm³/mol. The molecule has 0 aliphatic carbocycles. The van der Waals surface area contributed by atoms with Crippen LogP contribution in [0.2, 0.25) is 0 Å². The van der Waals surface area contributed by atoms with Gasteiger partial charge < -0.3 is 4.90 Å². The molecule has 0 aromatic rings. The molecule has 0 aliphatic rings. The van der Waals surface area contributed by atoms with Crippen LogP contribution in [0, 0.1) is 0 Å². The summed E-state index contributed by atoms with van der Waals surface area (Å²) in [7, 11) is 4.07. The summed E-state index contributed by atoms with van der Waals surface area (Å²) in [6, 6.07) is 0. The quantitative estimate of drug-likeness (QED) is 0.500. The van der Waals surface area contributed by atoms with Crippen molar-refractivity contribution in [2.24, 2.45) is 0 Å². The van der Waals surface area contributed by atoms with Crippen molar-refractivity contribution in [2.75, 3.05) is 33.9 Å². The maximum Gasteiger partial charge on any atom is 0.185 e. The van der Waals surface area contributed by atoms with Gasteiger partial charge in [0.05, 0.1) is 5.75 Å². The van der Waals surface area contributed by atoms with Crippen molar-refractivity contribution in [1.82, 2.24) is 4.90 Å².